The Hall–Kier alpha value is -1.01. The Bertz CT molecular complexity index is 463. The van der Waals surface area contributed by atoms with Gasteiger partial charge in [-0.2, -0.15) is 0 Å². The molecule has 0 aromatic carbocycles. The first-order chi connectivity index (χ1) is 9.93. The molecule has 2 heterocycles. The third-order valence-corrected chi connectivity index (χ3v) is 4.36. The largest absolute Gasteiger partial charge is 0.512 e. The van der Waals surface area contributed by atoms with Gasteiger partial charge in [-0.05, 0) is 61.3 Å². The topological polar surface area (TPSA) is 48.0 Å². The van der Waals surface area contributed by atoms with Crippen LogP contribution >= 0.6 is 0 Å². The highest BCUT2D eigenvalue weighted by Crippen LogP contribution is 2.40. The van der Waals surface area contributed by atoms with Crippen molar-refractivity contribution in [2.45, 2.75) is 78.1 Å². The first kappa shape index (κ1) is 17.4. The van der Waals surface area contributed by atoms with E-state index in [1.54, 1.807) is 4.90 Å². The lowest BCUT2D eigenvalue weighted by Crippen LogP contribution is -2.43. The number of ether oxygens (including phenoxy) is 1. The van der Waals surface area contributed by atoms with Crippen LogP contribution in [0, 0.1) is 0 Å². The van der Waals surface area contributed by atoms with E-state index >= 15 is 0 Å². The van der Waals surface area contributed by atoms with Crippen LogP contribution in [-0.4, -0.2) is 41.5 Å². The molecule has 0 saturated carbocycles. The van der Waals surface area contributed by atoms with E-state index in [0.29, 0.717) is 6.54 Å². The Morgan fingerprint density at radius 2 is 1.77 bits per heavy atom. The molecule has 2 aliphatic heterocycles. The quantitative estimate of drug-likeness (QED) is 0.695. The maximum atomic E-state index is 12.5. The maximum absolute atomic E-state index is 12.5. The molecule has 6 heteroatoms. The van der Waals surface area contributed by atoms with Crippen LogP contribution < -0.4 is 0 Å². The molecule has 22 heavy (non-hydrogen) atoms. The summed E-state index contributed by atoms with van der Waals surface area (Å²) in [5.74, 6) is 0. The van der Waals surface area contributed by atoms with Gasteiger partial charge < -0.3 is 14.0 Å². The van der Waals surface area contributed by atoms with E-state index in [-0.39, 0.29) is 6.09 Å². The van der Waals surface area contributed by atoms with Gasteiger partial charge in [0.2, 0.25) is 0 Å². The minimum atomic E-state index is -0.530. The molecule has 0 aromatic heterocycles. The molecule has 0 aromatic rings. The average Bonchev–Trinajstić information content (AvgIpc) is 2.56. The van der Waals surface area contributed by atoms with E-state index in [4.69, 9.17) is 14.0 Å². The number of carbonyl (C=O) groups excluding carboxylic acids is 1. The van der Waals surface area contributed by atoms with Crippen LogP contribution in [0.2, 0.25) is 0 Å². The molecule has 0 atom stereocenters. The van der Waals surface area contributed by atoms with Gasteiger partial charge in [-0.3, -0.25) is 4.90 Å². The minimum Gasteiger partial charge on any atom is -0.443 e. The lowest BCUT2D eigenvalue weighted by molar-refractivity contribution is 0.00578. The summed E-state index contributed by atoms with van der Waals surface area (Å²) in [5.41, 5.74) is -0.597. The minimum absolute atomic E-state index is 0.340. The molecule has 124 valence electrons. The van der Waals surface area contributed by atoms with Crippen molar-refractivity contribution in [3.8, 4) is 0 Å². The number of hydrogen-bond donors (Lipinski definition) is 0. The molecule has 2 rings (SSSR count). The van der Waals surface area contributed by atoms with Gasteiger partial charge in [-0.25, -0.2) is 4.79 Å². The van der Waals surface area contributed by atoms with Gasteiger partial charge in [0.1, 0.15) is 5.60 Å². The van der Waals surface area contributed by atoms with Crippen LogP contribution in [0.5, 0.6) is 0 Å². The van der Waals surface area contributed by atoms with E-state index in [9.17, 15) is 4.79 Å². The SMILES string of the molecule is CC(C)(C)OC(=O)N1CCCC=C1B1OC(C)(C)C(C)(C)O1. The summed E-state index contributed by atoms with van der Waals surface area (Å²) in [7, 11) is -0.530. The summed E-state index contributed by atoms with van der Waals surface area (Å²) in [6.07, 6.45) is 3.52. The van der Waals surface area contributed by atoms with Crippen molar-refractivity contribution in [1.82, 2.24) is 4.90 Å². The van der Waals surface area contributed by atoms with Gasteiger partial charge in [-0.1, -0.05) is 6.08 Å². The van der Waals surface area contributed by atoms with E-state index < -0.39 is 23.9 Å². The zero-order valence-corrected chi connectivity index (χ0v) is 14.9. The fraction of sp³-hybridized carbons (Fsp3) is 0.812. The van der Waals surface area contributed by atoms with Crippen LogP contribution in [0.1, 0.15) is 61.3 Å². The molecular formula is C16H28BNO4. The summed E-state index contributed by atoms with van der Waals surface area (Å²) in [5, 5.41) is 0. The molecule has 0 aliphatic carbocycles. The van der Waals surface area contributed by atoms with Gasteiger partial charge in [-0.15, -0.1) is 0 Å². The van der Waals surface area contributed by atoms with Crippen molar-refractivity contribution >= 4 is 13.2 Å². The fourth-order valence-electron chi connectivity index (χ4n) is 2.44. The predicted octanol–water partition coefficient (Wildman–Crippen LogP) is 3.53. The lowest BCUT2D eigenvalue weighted by atomic mass is 9.81. The number of carbonyl (C=O) groups is 1. The van der Waals surface area contributed by atoms with Crippen LogP contribution in [-0.2, 0) is 14.0 Å². The molecule has 1 saturated heterocycles. The Morgan fingerprint density at radius 1 is 1.23 bits per heavy atom. The summed E-state index contributed by atoms with van der Waals surface area (Å²) >= 11 is 0. The van der Waals surface area contributed by atoms with E-state index in [0.717, 1.165) is 18.4 Å². The van der Waals surface area contributed by atoms with Gasteiger partial charge in [0.05, 0.1) is 16.8 Å². The molecule has 0 radical (unpaired) electrons. The smallest absolute Gasteiger partial charge is 0.443 e. The first-order valence-electron chi connectivity index (χ1n) is 7.99. The molecule has 0 spiro atoms. The van der Waals surface area contributed by atoms with Crippen molar-refractivity contribution in [3.05, 3.63) is 11.7 Å². The predicted molar refractivity (Wildman–Crippen MR) is 86.3 cm³/mol. The standard InChI is InChI=1S/C16H28BNO4/c1-14(2,3)20-13(19)18-11-9-8-10-12(18)17-21-15(4,5)16(6,7)22-17/h10H,8-9,11H2,1-7H3. The van der Waals surface area contributed by atoms with Crippen LogP contribution in [0.3, 0.4) is 0 Å². The summed E-state index contributed by atoms with van der Waals surface area (Å²) in [6.45, 7) is 14.3. The average molecular weight is 309 g/mol. The Balaban J connectivity index is 2.18. The number of rotatable bonds is 1. The van der Waals surface area contributed by atoms with Crippen LogP contribution in [0.4, 0.5) is 4.79 Å². The fourth-order valence-corrected chi connectivity index (χ4v) is 2.44. The monoisotopic (exact) mass is 309 g/mol. The van der Waals surface area contributed by atoms with E-state index in [2.05, 4.69) is 0 Å². The molecule has 5 nitrogen and oxygen atoms in total. The molecule has 0 unspecified atom stereocenters. The van der Waals surface area contributed by atoms with Crippen molar-refractivity contribution in [3.63, 3.8) is 0 Å². The van der Waals surface area contributed by atoms with E-state index in [1.807, 2.05) is 54.5 Å². The van der Waals surface area contributed by atoms with Crippen molar-refractivity contribution in [2.75, 3.05) is 6.54 Å². The Labute approximate surface area is 134 Å². The van der Waals surface area contributed by atoms with Crippen LogP contribution in [0.25, 0.3) is 0 Å². The second-order valence-electron chi connectivity index (χ2n) is 7.99. The highest BCUT2D eigenvalue weighted by atomic mass is 16.7. The molecular weight excluding hydrogens is 281 g/mol. The first-order valence-corrected chi connectivity index (χ1v) is 7.99. The zero-order chi connectivity index (χ0) is 16.8. The molecule has 2 aliphatic rings. The Kier molecular flexibility index (Phi) is 4.39. The van der Waals surface area contributed by atoms with Gasteiger partial charge in [0.25, 0.3) is 0 Å². The van der Waals surface area contributed by atoms with Crippen LogP contribution in [0.15, 0.2) is 11.7 Å². The van der Waals surface area contributed by atoms with Gasteiger partial charge in [0.15, 0.2) is 0 Å². The lowest BCUT2D eigenvalue weighted by Gasteiger charge is -2.32. The number of allylic oxidation sites excluding steroid dienone is 1. The molecule has 1 amide bonds. The molecule has 1 fully saturated rings. The third-order valence-electron chi connectivity index (χ3n) is 4.36. The van der Waals surface area contributed by atoms with Gasteiger partial charge >= 0.3 is 13.2 Å². The highest BCUT2D eigenvalue weighted by molar-refractivity contribution is 6.54. The zero-order valence-electron chi connectivity index (χ0n) is 14.9. The number of amides is 1. The van der Waals surface area contributed by atoms with Crippen molar-refractivity contribution < 1.29 is 18.8 Å². The van der Waals surface area contributed by atoms with E-state index in [1.165, 1.54) is 0 Å². The third kappa shape index (κ3) is 3.49. The van der Waals surface area contributed by atoms with Crippen molar-refractivity contribution in [2.24, 2.45) is 0 Å². The maximum Gasteiger partial charge on any atom is 0.512 e. The summed E-state index contributed by atoms with van der Waals surface area (Å²) in [4.78, 5) is 14.1. The number of nitrogens with zero attached hydrogens (tertiary/aromatic N) is 1. The van der Waals surface area contributed by atoms with Gasteiger partial charge in [0, 0.05) is 6.54 Å². The second kappa shape index (κ2) is 5.57. The summed E-state index contributed by atoms with van der Waals surface area (Å²) < 4.78 is 17.7. The Morgan fingerprint density at radius 3 is 2.27 bits per heavy atom. The summed E-state index contributed by atoms with van der Waals surface area (Å²) in [6, 6.07) is 0. The number of hydrogen-bond acceptors (Lipinski definition) is 4. The van der Waals surface area contributed by atoms with Crippen molar-refractivity contribution in [1.29, 1.82) is 0 Å². The highest BCUT2D eigenvalue weighted by Gasteiger charge is 2.54. The molecule has 0 bridgehead atoms. The molecule has 0 N–H and O–H groups in total. The second-order valence-corrected chi connectivity index (χ2v) is 7.99. The normalized spacial score (nSPS) is 24.2.